The predicted molar refractivity (Wildman–Crippen MR) is 131 cm³/mol. The minimum Gasteiger partial charge on any atom is -0.493 e. The Morgan fingerprint density at radius 2 is 1.67 bits per heavy atom. The number of anilines is 1. The van der Waals surface area contributed by atoms with Crippen molar-refractivity contribution in [3.05, 3.63) is 53.6 Å². The number of morpholine rings is 1. The molecule has 1 aliphatic rings. The number of nitrogens with zero attached hydrogens (tertiary/aromatic N) is 2. The van der Waals surface area contributed by atoms with Crippen LogP contribution in [0.5, 0.6) is 11.5 Å². The molecule has 0 unspecified atom stereocenters. The van der Waals surface area contributed by atoms with E-state index in [4.69, 9.17) is 14.2 Å². The topological polar surface area (TPSA) is 67.4 Å². The molecular formula is C22H31IN4O3. The molecule has 2 aromatic carbocycles. The lowest BCUT2D eigenvalue weighted by Crippen LogP contribution is -2.35. The summed E-state index contributed by atoms with van der Waals surface area (Å²) < 4.78 is 16.0. The van der Waals surface area contributed by atoms with Crippen LogP contribution in [0.2, 0.25) is 0 Å². The van der Waals surface area contributed by atoms with E-state index in [1.54, 1.807) is 21.3 Å². The zero-order valence-electron chi connectivity index (χ0n) is 17.8. The van der Waals surface area contributed by atoms with Gasteiger partial charge in [0.25, 0.3) is 0 Å². The lowest BCUT2D eigenvalue weighted by Gasteiger charge is -2.26. The maximum absolute atomic E-state index is 5.41. The maximum Gasteiger partial charge on any atom is 0.195 e. The van der Waals surface area contributed by atoms with Crippen molar-refractivity contribution in [2.45, 2.75) is 13.1 Å². The number of hydrogen-bond donors (Lipinski definition) is 2. The molecule has 30 heavy (non-hydrogen) atoms. The summed E-state index contributed by atoms with van der Waals surface area (Å²) in [4.78, 5) is 6.72. The molecule has 0 atom stereocenters. The van der Waals surface area contributed by atoms with Gasteiger partial charge in [0.1, 0.15) is 0 Å². The van der Waals surface area contributed by atoms with Crippen LogP contribution in [0.15, 0.2) is 47.5 Å². The maximum atomic E-state index is 5.41. The van der Waals surface area contributed by atoms with Gasteiger partial charge in [0.2, 0.25) is 0 Å². The highest BCUT2D eigenvalue weighted by molar-refractivity contribution is 14.0. The molecule has 2 N–H and O–H groups in total. The van der Waals surface area contributed by atoms with Gasteiger partial charge in [0.15, 0.2) is 17.5 Å². The van der Waals surface area contributed by atoms with Crippen LogP contribution >= 0.6 is 24.0 Å². The Kier molecular flexibility index (Phi) is 10.2. The Hall–Kier alpha value is -2.04. The highest BCUT2D eigenvalue weighted by Gasteiger charge is 2.10. The van der Waals surface area contributed by atoms with Gasteiger partial charge in [0, 0.05) is 45.0 Å². The first kappa shape index (κ1) is 24.2. The molecule has 0 amide bonds. The summed E-state index contributed by atoms with van der Waals surface area (Å²) in [6.45, 7) is 5.32. The zero-order valence-corrected chi connectivity index (χ0v) is 20.1. The molecule has 1 aliphatic heterocycles. The molecule has 0 aliphatic carbocycles. The molecule has 0 aromatic heterocycles. The number of benzene rings is 2. The van der Waals surface area contributed by atoms with E-state index in [2.05, 4.69) is 44.8 Å². The van der Waals surface area contributed by atoms with Crippen LogP contribution in [0.4, 0.5) is 5.69 Å². The first-order chi connectivity index (χ1) is 14.2. The van der Waals surface area contributed by atoms with Crippen LogP contribution in [0.3, 0.4) is 0 Å². The summed E-state index contributed by atoms with van der Waals surface area (Å²) >= 11 is 0. The summed E-state index contributed by atoms with van der Waals surface area (Å²) in [5, 5.41) is 6.62. The van der Waals surface area contributed by atoms with Gasteiger partial charge in [0.05, 0.1) is 27.4 Å². The number of rotatable bonds is 7. The number of guanidine groups is 1. The Labute approximate surface area is 195 Å². The molecular weight excluding hydrogens is 495 g/mol. The lowest BCUT2D eigenvalue weighted by molar-refractivity contribution is 0.0342. The molecule has 1 saturated heterocycles. The molecule has 164 valence electrons. The van der Waals surface area contributed by atoms with Crippen molar-refractivity contribution in [2.24, 2.45) is 4.99 Å². The summed E-state index contributed by atoms with van der Waals surface area (Å²) in [5.74, 6) is 2.05. The number of hydrogen-bond acceptors (Lipinski definition) is 5. The van der Waals surface area contributed by atoms with E-state index in [1.165, 1.54) is 11.1 Å². The van der Waals surface area contributed by atoms with Gasteiger partial charge >= 0.3 is 0 Å². The fourth-order valence-electron chi connectivity index (χ4n) is 3.20. The number of halogens is 1. The molecule has 3 rings (SSSR count). The molecule has 0 bridgehead atoms. The van der Waals surface area contributed by atoms with Crippen LogP contribution in [-0.2, 0) is 17.8 Å². The minimum absolute atomic E-state index is 0. The summed E-state index contributed by atoms with van der Waals surface area (Å²) in [7, 11) is 5.00. The quantitative estimate of drug-likeness (QED) is 0.328. The van der Waals surface area contributed by atoms with Gasteiger partial charge < -0.3 is 24.8 Å². The fraction of sp³-hybridized carbons (Fsp3) is 0.409. The van der Waals surface area contributed by atoms with Gasteiger partial charge in [-0.3, -0.25) is 9.89 Å². The van der Waals surface area contributed by atoms with Crippen LogP contribution in [0.1, 0.15) is 11.1 Å². The molecule has 0 saturated carbocycles. The molecule has 0 spiro atoms. The van der Waals surface area contributed by atoms with Gasteiger partial charge in [-0.15, -0.1) is 24.0 Å². The molecule has 7 nitrogen and oxygen atoms in total. The van der Waals surface area contributed by atoms with Crippen molar-refractivity contribution < 1.29 is 14.2 Å². The van der Waals surface area contributed by atoms with Gasteiger partial charge in [-0.1, -0.05) is 24.3 Å². The fourth-order valence-corrected chi connectivity index (χ4v) is 3.20. The Balaban J connectivity index is 0.00000320. The standard InChI is InChI=1S/C22H30N4O3.HI/c1-23-22(25-19-8-9-20(27-2)21(14-19)28-3)24-15-17-4-6-18(7-5-17)16-26-10-12-29-13-11-26;/h4-9,14H,10-13,15-16H2,1-3H3,(H2,23,24,25);1H. The zero-order chi connectivity index (χ0) is 20.5. The summed E-state index contributed by atoms with van der Waals surface area (Å²) in [6.07, 6.45) is 0. The second-order valence-corrected chi connectivity index (χ2v) is 6.83. The number of nitrogens with one attached hydrogen (secondary N) is 2. The minimum atomic E-state index is 0. The predicted octanol–water partition coefficient (Wildman–Crippen LogP) is 3.34. The lowest BCUT2D eigenvalue weighted by atomic mass is 10.1. The van der Waals surface area contributed by atoms with Crippen LogP contribution in [0, 0.1) is 0 Å². The normalized spacial score (nSPS) is 14.6. The Morgan fingerprint density at radius 3 is 2.30 bits per heavy atom. The highest BCUT2D eigenvalue weighted by Crippen LogP contribution is 2.29. The van der Waals surface area contributed by atoms with Crippen LogP contribution < -0.4 is 20.1 Å². The molecule has 8 heteroatoms. The van der Waals surface area contributed by atoms with E-state index in [0.29, 0.717) is 24.0 Å². The first-order valence-electron chi connectivity index (χ1n) is 9.79. The largest absolute Gasteiger partial charge is 0.493 e. The van der Waals surface area contributed by atoms with Crippen molar-refractivity contribution >= 4 is 35.6 Å². The van der Waals surface area contributed by atoms with E-state index < -0.39 is 0 Å². The third kappa shape index (κ3) is 7.03. The van der Waals surface area contributed by atoms with Crippen molar-refractivity contribution in [2.75, 3.05) is 52.9 Å². The number of aliphatic imine (C=N–C) groups is 1. The van der Waals surface area contributed by atoms with E-state index in [0.717, 1.165) is 38.5 Å². The molecule has 1 heterocycles. The van der Waals surface area contributed by atoms with Gasteiger partial charge in [-0.05, 0) is 23.3 Å². The van der Waals surface area contributed by atoms with E-state index >= 15 is 0 Å². The van der Waals surface area contributed by atoms with Gasteiger partial charge in [-0.25, -0.2) is 0 Å². The second-order valence-electron chi connectivity index (χ2n) is 6.83. The second kappa shape index (κ2) is 12.6. The van der Waals surface area contributed by atoms with Crippen molar-refractivity contribution in [3.8, 4) is 11.5 Å². The third-order valence-electron chi connectivity index (χ3n) is 4.86. The van der Waals surface area contributed by atoms with Crippen LogP contribution in [0.25, 0.3) is 0 Å². The molecule has 1 fully saturated rings. The number of ether oxygens (including phenoxy) is 3. The number of methoxy groups -OCH3 is 2. The van der Waals surface area contributed by atoms with E-state index in [9.17, 15) is 0 Å². The molecule has 2 aromatic rings. The first-order valence-corrected chi connectivity index (χ1v) is 9.79. The van der Waals surface area contributed by atoms with E-state index in [-0.39, 0.29) is 24.0 Å². The highest BCUT2D eigenvalue weighted by atomic mass is 127. The average Bonchev–Trinajstić information content (AvgIpc) is 2.78. The van der Waals surface area contributed by atoms with Crippen molar-refractivity contribution in [1.29, 1.82) is 0 Å². The summed E-state index contributed by atoms with van der Waals surface area (Å²) in [6, 6.07) is 14.4. The monoisotopic (exact) mass is 526 g/mol. The Morgan fingerprint density at radius 1 is 1.00 bits per heavy atom. The van der Waals surface area contributed by atoms with Crippen molar-refractivity contribution in [3.63, 3.8) is 0 Å². The molecule has 0 radical (unpaired) electrons. The van der Waals surface area contributed by atoms with E-state index in [1.807, 2.05) is 18.2 Å². The smallest absolute Gasteiger partial charge is 0.195 e. The average molecular weight is 526 g/mol. The summed E-state index contributed by atoms with van der Waals surface area (Å²) in [5.41, 5.74) is 3.39. The third-order valence-corrected chi connectivity index (χ3v) is 4.86. The van der Waals surface area contributed by atoms with Crippen molar-refractivity contribution in [1.82, 2.24) is 10.2 Å². The SMILES string of the molecule is CN=C(NCc1ccc(CN2CCOCC2)cc1)Nc1ccc(OC)c(OC)c1.I. The van der Waals surface area contributed by atoms with Crippen LogP contribution in [-0.4, -0.2) is 58.4 Å². The van der Waals surface area contributed by atoms with Gasteiger partial charge in [-0.2, -0.15) is 0 Å². The Bertz CT molecular complexity index is 809.